The number of carbonyl (C=O) groups excluding carboxylic acids is 1. The number of carbonyl (C=O) groups is 1. The number of benzene rings is 2. The fourth-order valence-electron chi connectivity index (χ4n) is 3.36. The molecule has 0 unspecified atom stereocenters. The second-order valence-corrected chi connectivity index (χ2v) is 8.83. The third-order valence-corrected chi connectivity index (χ3v) is 6.46. The van der Waals surface area contributed by atoms with Gasteiger partial charge in [-0.2, -0.15) is 13.2 Å². The monoisotopic (exact) mass is 441 g/mol. The molecule has 162 valence electrons. The van der Waals surface area contributed by atoms with Gasteiger partial charge in [0.05, 0.1) is 10.5 Å². The summed E-state index contributed by atoms with van der Waals surface area (Å²) in [6.45, 7) is 3.82. The standard InChI is InChI=1S/C20H22F3N3O3S/c1-3-24-30(28,29)17-7-5-14-8-9-26(12-15(14)10-17)19(27)25-16-6-4-13(2)18(11-16)20(21,22)23/h4-7,10-11,24H,3,8-9,12H2,1-2H3,(H,25,27). The minimum atomic E-state index is -4.51. The highest BCUT2D eigenvalue weighted by atomic mass is 32.2. The number of hydrogen-bond donors (Lipinski definition) is 2. The molecule has 6 nitrogen and oxygen atoms in total. The van der Waals surface area contributed by atoms with Gasteiger partial charge in [-0.25, -0.2) is 17.9 Å². The van der Waals surface area contributed by atoms with Crippen molar-refractivity contribution in [1.82, 2.24) is 9.62 Å². The van der Waals surface area contributed by atoms with Gasteiger partial charge in [-0.05, 0) is 54.3 Å². The molecule has 0 aliphatic carbocycles. The number of aryl methyl sites for hydroxylation is 1. The third kappa shape index (κ3) is 4.76. The van der Waals surface area contributed by atoms with Gasteiger partial charge in [-0.1, -0.05) is 19.1 Å². The Labute approximate surface area is 173 Å². The van der Waals surface area contributed by atoms with Crippen LogP contribution in [0.5, 0.6) is 0 Å². The number of fused-ring (bicyclic) bond motifs is 1. The van der Waals surface area contributed by atoms with E-state index in [1.807, 2.05) is 0 Å². The van der Waals surface area contributed by atoms with Crippen molar-refractivity contribution in [2.75, 3.05) is 18.4 Å². The van der Waals surface area contributed by atoms with Crippen LogP contribution in [0.15, 0.2) is 41.3 Å². The number of nitrogens with one attached hydrogen (secondary N) is 2. The first kappa shape index (κ1) is 22.1. The van der Waals surface area contributed by atoms with Crippen LogP contribution in [-0.2, 0) is 29.2 Å². The average molecular weight is 441 g/mol. The molecule has 30 heavy (non-hydrogen) atoms. The van der Waals surface area contributed by atoms with Crippen molar-refractivity contribution in [3.05, 3.63) is 58.7 Å². The fraction of sp³-hybridized carbons (Fsp3) is 0.350. The molecule has 0 bridgehead atoms. The molecular weight excluding hydrogens is 419 g/mol. The second kappa shape index (κ2) is 8.27. The van der Waals surface area contributed by atoms with Gasteiger partial charge in [0, 0.05) is 25.3 Å². The summed E-state index contributed by atoms with van der Waals surface area (Å²) in [5, 5.41) is 2.50. The maximum Gasteiger partial charge on any atom is 0.416 e. The predicted molar refractivity (Wildman–Crippen MR) is 107 cm³/mol. The summed E-state index contributed by atoms with van der Waals surface area (Å²) in [6, 6.07) is 7.87. The molecule has 2 amide bonds. The van der Waals surface area contributed by atoms with Gasteiger partial charge in [-0.3, -0.25) is 0 Å². The van der Waals surface area contributed by atoms with Crippen LogP contribution < -0.4 is 10.0 Å². The number of alkyl halides is 3. The zero-order chi connectivity index (χ0) is 22.1. The van der Waals surface area contributed by atoms with Crippen LogP contribution in [0.1, 0.15) is 29.2 Å². The highest BCUT2D eigenvalue weighted by molar-refractivity contribution is 7.89. The minimum Gasteiger partial charge on any atom is -0.320 e. The highest BCUT2D eigenvalue weighted by Crippen LogP contribution is 2.33. The van der Waals surface area contributed by atoms with E-state index in [-0.39, 0.29) is 29.2 Å². The third-order valence-electron chi connectivity index (χ3n) is 4.92. The van der Waals surface area contributed by atoms with Gasteiger partial charge < -0.3 is 10.2 Å². The zero-order valence-corrected chi connectivity index (χ0v) is 17.3. The van der Waals surface area contributed by atoms with E-state index in [0.29, 0.717) is 18.5 Å². The van der Waals surface area contributed by atoms with Crippen molar-refractivity contribution in [3.8, 4) is 0 Å². The molecule has 0 saturated heterocycles. The first-order valence-corrected chi connectivity index (χ1v) is 10.8. The van der Waals surface area contributed by atoms with Gasteiger partial charge in [-0.15, -0.1) is 0 Å². The molecular formula is C20H22F3N3O3S. The topological polar surface area (TPSA) is 78.5 Å². The lowest BCUT2D eigenvalue weighted by Crippen LogP contribution is -2.39. The Bertz CT molecular complexity index is 1070. The summed E-state index contributed by atoms with van der Waals surface area (Å²) in [4.78, 5) is 14.2. The lowest BCUT2D eigenvalue weighted by atomic mass is 10.0. The van der Waals surface area contributed by atoms with Crippen LogP contribution in [0.25, 0.3) is 0 Å². The summed E-state index contributed by atoms with van der Waals surface area (Å²) in [7, 11) is -3.63. The van der Waals surface area contributed by atoms with Gasteiger partial charge in [0.15, 0.2) is 0 Å². The first-order chi connectivity index (χ1) is 14.0. The fourth-order valence-corrected chi connectivity index (χ4v) is 4.45. The quantitative estimate of drug-likeness (QED) is 0.755. The molecule has 0 fully saturated rings. The SMILES string of the molecule is CCNS(=O)(=O)c1ccc2c(c1)CN(C(=O)Nc1ccc(C)c(C(F)(F)F)c1)CC2. The number of halogens is 3. The lowest BCUT2D eigenvalue weighted by Gasteiger charge is -2.29. The van der Waals surface area contributed by atoms with E-state index in [9.17, 15) is 26.4 Å². The Balaban J connectivity index is 1.78. The van der Waals surface area contributed by atoms with Crippen molar-refractivity contribution < 1.29 is 26.4 Å². The molecule has 2 aromatic rings. The molecule has 1 aliphatic rings. The maximum absolute atomic E-state index is 13.1. The summed E-state index contributed by atoms with van der Waals surface area (Å²) in [6.07, 6.45) is -3.99. The molecule has 0 spiro atoms. The Morgan fingerprint density at radius 1 is 1.13 bits per heavy atom. The van der Waals surface area contributed by atoms with Crippen molar-refractivity contribution >= 4 is 21.7 Å². The van der Waals surface area contributed by atoms with Crippen LogP contribution in [0, 0.1) is 6.92 Å². The lowest BCUT2D eigenvalue weighted by molar-refractivity contribution is -0.138. The molecule has 2 aromatic carbocycles. The van der Waals surface area contributed by atoms with Gasteiger partial charge in [0.25, 0.3) is 0 Å². The predicted octanol–water partition coefficient (Wildman–Crippen LogP) is 3.90. The van der Waals surface area contributed by atoms with E-state index in [1.54, 1.807) is 13.0 Å². The zero-order valence-electron chi connectivity index (χ0n) is 16.5. The van der Waals surface area contributed by atoms with Crippen LogP contribution in [0.3, 0.4) is 0 Å². The Morgan fingerprint density at radius 2 is 1.87 bits per heavy atom. The van der Waals surface area contributed by atoms with Crippen LogP contribution in [-0.4, -0.2) is 32.4 Å². The average Bonchev–Trinajstić information content (AvgIpc) is 2.67. The molecule has 1 aliphatic heterocycles. The molecule has 0 atom stereocenters. The number of anilines is 1. The molecule has 0 saturated carbocycles. The summed E-state index contributed by atoms with van der Waals surface area (Å²) < 4.78 is 66.2. The number of sulfonamides is 1. The van der Waals surface area contributed by atoms with Crippen molar-refractivity contribution in [3.63, 3.8) is 0 Å². The minimum absolute atomic E-state index is 0.0483. The molecule has 10 heteroatoms. The summed E-state index contributed by atoms with van der Waals surface area (Å²) in [5.41, 5.74) is 0.941. The van der Waals surface area contributed by atoms with E-state index < -0.39 is 27.8 Å². The van der Waals surface area contributed by atoms with Crippen LogP contribution in [0.2, 0.25) is 0 Å². The number of rotatable bonds is 4. The van der Waals surface area contributed by atoms with Gasteiger partial charge in [0.1, 0.15) is 0 Å². The van der Waals surface area contributed by atoms with Crippen molar-refractivity contribution in [2.24, 2.45) is 0 Å². The van der Waals surface area contributed by atoms with E-state index >= 15 is 0 Å². The Kier molecular flexibility index (Phi) is 6.09. The number of hydrogen-bond acceptors (Lipinski definition) is 3. The van der Waals surface area contributed by atoms with Crippen molar-refractivity contribution in [1.29, 1.82) is 0 Å². The molecule has 0 radical (unpaired) electrons. The number of nitrogens with zero attached hydrogens (tertiary/aromatic N) is 1. The largest absolute Gasteiger partial charge is 0.416 e. The van der Waals surface area contributed by atoms with E-state index in [2.05, 4.69) is 10.0 Å². The molecule has 0 aromatic heterocycles. The second-order valence-electron chi connectivity index (χ2n) is 7.06. The maximum atomic E-state index is 13.1. The highest BCUT2D eigenvalue weighted by Gasteiger charge is 2.33. The molecule has 1 heterocycles. The van der Waals surface area contributed by atoms with Crippen LogP contribution in [0.4, 0.5) is 23.7 Å². The van der Waals surface area contributed by atoms with E-state index in [4.69, 9.17) is 0 Å². The van der Waals surface area contributed by atoms with Gasteiger partial charge in [0.2, 0.25) is 10.0 Å². The Hall–Kier alpha value is -2.59. The number of amides is 2. The van der Waals surface area contributed by atoms with Gasteiger partial charge >= 0.3 is 12.2 Å². The molecule has 3 rings (SSSR count). The number of urea groups is 1. The van der Waals surface area contributed by atoms with Crippen molar-refractivity contribution in [2.45, 2.75) is 37.9 Å². The smallest absolute Gasteiger partial charge is 0.320 e. The normalized spacial score (nSPS) is 14.4. The van der Waals surface area contributed by atoms with Crippen LogP contribution >= 0.6 is 0 Å². The van der Waals surface area contributed by atoms with E-state index in [1.165, 1.54) is 36.1 Å². The Morgan fingerprint density at radius 3 is 2.53 bits per heavy atom. The van der Waals surface area contributed by atoms with E-state index in [0.717, 1.165) is 11.6 Å². The molecule has 2 N–H and O–H groups in total. The summed E-state index contributed by atoms with van der Waals surface area (Å²) >= 11 is 0. The first-order valence-electron chi connectivity index (χ1n) is 9.36. The summed E-state index contributed by atoms with van der Waals surface area (Å²) in [5.74, 6) is 0.